The van der Waals surface area contributed by atoms with Crippen LogP contribution >= 0.6 is 0 Å². The van der Waals surface area contributed by atoms with Crippen LogP contribution < -0.4 is 10.7 Å². The Kier molecular flexibility index (Phi) is 2.82. The SMILES string of the molecule is CN/N=C1/C(=C2/C(=O)Cc3ccccc32)Nc2ccccc21. The summed E-state index contributed by atoms with van der Waals surface area (Å²) in [4.78, 5) is 12.5. The Hall–Kier alpha value is -2.88. The third-order valence-corrected chi connectivity index (χ3v) is 4.07. The molecule has 1 heterocycles. The zero-order chi connectivity index (χ0) is 15.1. The fraction of sp³-hybridized carbons (Fsp3) is 0.111. The van der Waals surface area contributed by atoms with Gasteiger partial charge in [-0.3, -0.25) is 4.79 Å². The molecule has 2 aromatic carbocycles. The summed E-state index contributed by atoms with van der Waals surface area (Å²) < 4.78 is 0. The van der Waals surface area contributed by atoms with Gasteiger partial charge in [0.15, 0.2) is 5.78 Å². The molecule has 0 saturated heterocycles. The number of anilines is 1. The zero-order valence-electron chi connectivity index (χ0n) is 12.2. The van der Waals surface area contributed by atoms with Gasteiger partial charge in [0.2, 0.25) is 0 Å². The van der Waals surface area contributed by atoms with Crippen LogP contribution in [0.4, 0.5) is 5.69 Å². The molecule has 0 amide bonds. The molecule has 0 saturated carbocycles. The van der Waals surface area contributed by atoms with Gasteiger partial charge in [0.1, 0.15) is 5.71 Å². The Balaban J connectivity index is 1.97. The molecule has 2 aliphatic rings. The van der Waals surface area contributed by atoms with Gasteiger partial charge in [-0.2, -0.15) is 5.10 Å². The minimum atomic E-state index is 0.139. The molecule has 0 spiro atoms. The number of benzene rings is 2. The second-order valence-corrected chi connectivity index (χ2v) is 5.36. The molecule has 0 atom stereocenters. The van der Waals surface area contributed by atoms with Crippen molar-refractivity contribution in [2.75, 3.05) is 12.4 Å². The maximum absolute atomic E-state index is 12.5. The molecule has 0 radical (unpaired) electrons. The fourth-order valence-electron chi connectivity index (χ4n) is 3.14. The maximum atomic E-state index is 12.5. The molecule has 0 fully saturated rings. The molecule has 2 aromatic rings. The quantitative estimate of drug-likeness (QED) is 0.626. The van der Waals surface area contributed by atoms with Crippen LogP contribution in [-0.2, 0) is 11.2 Å². The van der Waals surface area contributed by atoms with Crippen LogP contribution in [-0.4, -0.2) is 18.5 Å². The van der Waals surface area contributed by atoms with Crippen molar-refractivity contribution < 1.29 is 4.79 Å². The number of Topliss-reactive ketones (excluding diaryl/α,β-unsaturated/α-hetero) is 1. The summed E-state index contributed by atoms with van der Waals surface area (Å²) in [5, 5.41) is 7.76. The van der Waals surface area contributed by atoms with Crippen LogP contribution in [0.2, 0.25) is 0 Å². The van der Waals surface area contributed by atoms with Gasteiger partial charge in [-0.25, -0.2) is 0 Å². The lowest BCUT2D eigenvalue weighted by Crippen LogP contribution is -2.12. The van der Waals surface area contributed by atoms with E-state index >= 15 is 0 Å². The number of nitrogens with one attached hydrogen (secondary N) is 2. The molecule has 4 heteroatoms. The molecular weight excluding hydrogens is 274 g/mol. The molecular formula is C18H15N3O. The van der Waals surface area contributed by atoms with Crippen LogP contribution in [0.15, 0.2) is 59.3 Å². The number of carbonyl (C=O) groups is 1. The van der Waals surface area contributed by atoms with E-state index in [9.17, 15) is 4.79 Å². The van der Waals surface area contributed by atoms with E-state index in [0.717, 1.165) is 39.4 Å². The Morgan fingerprint density at radius 2 is 1.77 bits per heavy atom. The van der Waals surface area contributed by atoms with Crippen LogP contribution in [0.1, 0.15) is 16.7 Å². The number of carbonyl (C=O) groups excluding carboxylic acids is 1. The van der Waals surface area contributed by atoms with Gasteiger partial charge in [0, 0.05) is 24.7 Å². The summed E-state index contributed by atoms with van der Waals surface area (Å²) in [5.74, 6) is 0.139. The molecule has 0 aromatic heterocycles. The summed E-state index contributed by atoms with van der Waals surface area (Å²) in [6, 6.07) is 15.9. The summed E-state index contributed by atoms with van der Waals surface area (Å²) in [5.41, 5.74) is 9.25. The molecule has 4 nitrogen and oxygen atoms in total. The monoisotopic (exact) mass is 289 g/mol. The van der Waals surface area contributed by atoms with E-state index in [4.69, 9.17) is 0 Å². The van der Waals surface area contributed by atoms with E-state index in [1.807, 2.05) is 48.5 Å². The number of hydrogen-bond acceptors (Lipinski definition) is 4. The second kappa shape index (κ2) is 4.84. The van der Waals surface area contributed by atoms with Gasteiger partial charge in [-0.05, 0) is 17.2 Å². The van der Waals surface area contributed by atoms with Crippen molar-refractivity contribution >= 4 is 22.8 Å². The summed E-state index contributed by atoms with van der Waals surface area (Å²) in [6.07, 6.45) is 0.458. The number of para-hydroxylation sites is 1. The van der Waals surface area contributed by atoms with Crippen molar-refractivity contribution in [1.29, 1.82) is 0 Å². The lowest BCUT2D eigenvalue weighted by molar-refractivity contribution is -0.112. The molecule has 1 aliphatic heterocycles. The summed E-state index contributed by atoms with van der Waals surface area (Å²) >= 11 is 0. The van der Waals surface area contributed by atoms with Gasteiger partial charge < -0.3 is 10.7 Å². The Bertz CT molecular complexity index is 849. The predicted octanol–water partition coefficient (Wildman–Crippen LogP) is 2.57. The van der Waals surface area contributed by atoms with Gasteiger partial charge in [0.25, 0.3) is 0 Å². The predicted molar refractivity (Wildman–Crippen MR) is 87.7 cm³/mol. The number of allylic oxidation sites excluding steroid dienone is 2. The number of ketones is 1. The lowest BCUT2D eigenvalue weighted by Gasteiger charge is -2.07. The van der Waals surface area contributed by atoms with Crippen LogP contribution in [0.3, 0.4) is 0 Å². The number of nitrogens with zero attached hydrogens (tertiary/aromatic N) is 1. The maximum Gasteiger partial charge on any atom is 0.170 e. The zero-order valence-corrected chi connectivity index (χ0v) is 12.2. The average Bonchev–Trinajstić information content (AvgIpc) is 3.05. The van der Waals surface area contributed by atoms with E-state index in [0.29, 0.717) is 6.42 Å². The van der Waals surface area contributed by atoms with E-state index in [1.165, 1.54) is 0 Å². The lowest BCUT2D eigenvalue weighted by atomic mass is 10.0. The van der Waals surface area contributed by atoms with Gasteiger partial charge >= 0.3 is 0 Å². The number of fused-ring (bicyclic) bond motifs is 2. The van der Waals surface area contributed by atoms with E-state index in [2.05, 4.69) is 15.8 Å². The Labute approximate surface area is 128 Å². The first-order chi connectivity index (χ1) is 10.8. The first kappa shape index (κ1) is 12.8. The minimum Gasteiger partial charge on any atom is -0.353 e. The standard InChI is InChI=1S/C18H15N3O/c1-19-21-17-13-8-4-5-9-14(13)20-18(17)16-12-7-3-2-6-11(12)10-15(16)22/h2-9,19-20H,10H2,1H3/b18-16-,21-17+. The van der Waals surface area contributed by atoms with Crippen molar-refractivity contribution in [2.24, 2.45) is 5.10 Å². The number of hydrazone groups is 1. The smallest absolute Gasteiger partial charge is 0.170 e. The number of rotatable bonds is 1. The minimum absolute atomic E-state index is 0.139. The summed E-state index contributed by atoms with van der Waals surface area (Å²) in [7, 11) is 1.76. The summed E-state index contributed by atoms with van der Waals surface area (Å²) in [6.45, 7) is 0. The molecule has 4 rings (SSSR count). The Morgan fingerprint density at radius 3 is 2.59 bits per heavy atom. The highest BCUT2D eigenvalue weighted by atomic mass is 16.1. The molecule has 1 aliphatic carbocycles. The third kappa shape index (κ3) is 1.77. The van der Waals surface area contributed by atoms with Crippen molar-refractivity contribution in [1.82, 2.24) is 5.43 Å². The van der Waals surface area contributed by atoms with Gasteiger partial charge in [-0.15, -0.1) is 0 Å². The van der Waals surface area contributed by atoms with E-state index in [1.54, 1.807) is 7.05 Å². The first-order valence-corrected chi connectivity index (χ1v) is 7.26. The highest BCUT2D eigenvalue weighted by molar-refractivity contribution is 6.36. The van der Waals surface area contributed by atoms with Crippen molar-refractivity contribution in [3.63, 3.8) is 0 Å². The molecule has 22 heavy (non-hydrogen) atoms. The van der Waals surface area contributed by atoms with Gasteiger partial charge in [0.05, 0.1) is 11.3 Å². The van der Waals surface area contributed by atoms with Crippen LogP contribution in [0, 0.1) is 0 Å². The normalized spacial score (nSPS) is 20.8. The third-order valence-electron chi connectivity index (χ3n) is 4.07. The molecule has 0 unspecified atom stereocenters. The largest absolute Gasteiger partial charge is 0.353 e. The van der Waals surface area contributed by atoms with Crippen LogP contribution in [0.25, 0.3) is 5.57 Å². The molecule has 108 valence electrons. The molecule has 2 N–H and O–H groups in total. The van der Waals surface area contributed by atoms with Crippen molar-refractivity contribution in [2.45, 2.75) is 6.42 Å². The Morgan fingerprint density at radius 1 is 1.05 bits per heavy atom. The van der Waals surface area contributed by atoms with Crippen molar-refractivity contribution in [3.8, 4) is 0 Å². The van der Waals surface area contributed by atoms with Gasteiger partial charge in [-0.1, -0.05) is 42.5 Å². The number of hydrogen-bond donors (Lipinski definition) is 2. The average molecular weight is 289 g/mol. The van der Waals surface area contributed by atoms with Crippen LogP contribution in [0.5, 0.6) is 0 Å². The van der Waals surface area contributed by atoms with E-state index in [-0.39, 0.29) is 5.78 Å². The highest BCUT2D eigenvalue weighted by Gasteiger charge is 2.33. The fourth-order valence-corrected chi connectivity index (χ4v) is 3.14. The second-order valence-electron chi connectivity index (χ2n) is 5.36. The highest BCUT2D eigenvalue weighted by Crippen LogP contribution is 2.37. The topological polar surface area (TPSA) is 53.5 Å². The van der Waals surface area contributed by atoms with E-state index < -0.39 is 0 Å². The first-order valence-electron chi connectivity index (χ1n) is 7.26. The molecule has 0 bridgehead atoms. The van der Waals surface area contributed by atoms with Crippen molar-refractivity contribution in [3.05, 3.63) is 70.9 Å².